The summed E-state index contributed by atoms with van der Waals surface area (Å²) in [5, 5.41) is 7.42. The largest absolute Gasteiger partial charge is 0.492 e. The van der Waals surface area contributed by atoms with Crippen molar-refractivity contribution < 1.29 is 18.8 Å². The van der Waals surface area contributed by atoms with Crippen molar-refractivity contribution in [1.29, 1.82) is 0 Å². The fourth-order valence-corrected chi connectivity index (χ4v) is 3.91. The smallest absolute Gasteiger partial charge is 0.365 e. The molecule has 2 aromatic carbocycles. The lowest BCUT2D eigenvalue weighted by atomic mass is 10.1. The van der Waals surface area contributed by atoms with Gasteiger partial charge in [0, 0.05) is 49.4 Å². The second-order valence-corrected chi connectivity index (χ2v) is 7.56. The van der Waals surface area contributed by atoms with E-state index in [2.05, 4.69) is 23.8 Å². The first-order chi connectivity index (χ1) is 15.9. The van der Waals surface area contributed by atoms with E-state index in [1.54, 1.807) is 12.1 Å². The minimum Gasteiger partial charge on any atom is -0.492 e. The molecule has 0 aliphatic heterocycles. The van der Waals surface area contributed by atoms with Gasteiger partial charge in [-0.1, -0.05) is 12.1 Å². The number of hydrazone groups is 1. The van der Waals surface area contributed by atoms with Gasteiger partial charge in [-0.25, -0.2) is 4.79 Å². The van der Waals surface area contributed by atoms with Crippen LogP contribution in [0.3, 0.4) is 0 Å². The fourth-order valence-electron chi connectivity index (χ4n) is 3.91. The lowest BCUT2D eigenvalue weighted by Gasteiger charge is -2.24. The van der Waals surface area contributed by atoms with Crippen LogP contribution in [0.1, 0.15) is 26.5 Å². The molecule has 1 aromatic heterocycles. The SMILES string of the molecule is CCOc1cc(N(CC)CC)ccc1N(C)/N=C(\C(=O)OC)c1ccc2ccccc2[n+]1C. The van der Waals surface area contributed by atoms with Gasteiger partial charge in [-0.2, -0.15) is 9.67 Å². The molecule has 0 radical (unpaired) electrons. The van der Waals surface area contributed by atoms with Gasteiger partial charge in [0.25, 0.3) is 0 Å². The predicted molar refractivity (Wildman–Crippen MR) is 133 cm³/mol. The lowest BCUT2D eigenvalue weighted by molar-refractivity contribution is -0.646. The summed E-state index contributed by atoms with van der Waals surface area (Å²) in [5.41, 5.74) is 3.71. The summed E-state index contributed by atoms with van der Waals surface area (Å²) in [7, 11) is 5.09. The van der Waals surface area contributed by atoms with Crippen LogP contribution in [0.4, 0.5) is 11.4 Å². The average molecular weight is 450 g/mol. The van der Waals surface area contributed by atoms with Crippen LogP contribution in [0, 0.1) is 0 Å². The van der Waals surface area contributed by atoms with Gasteiger partial charge < -0.3 is 14.4 Å². The molecule has 0 bridgehead atoms. The Labute approximate surface area is 195 Å². The van der Waals surface area contributed by atoms with E-state index >= 15 is 0 Å². The molecule has 7 heteroatoms. The fraction of sp³-hybridized carbons (Fsp3) is 0.346. The van der Waals surface area contributed by atoms with Gasteiger partial charge in [0.2, 0.25) is 16.9 Å². The minimum absolute atomic E-state index is 0.212. The number of aromatic nitrogens is 1. The van der Waals surface area contributed by atoms with Crippen LogP contribution in [0.15, 0.2) is 59.7 Å². The van der Waals surface area contributed by atoms with E-state index < -0.39 is 5.97 Å². The highest BCUT2D eigenvalue weighted by Gasteiger charge is 2.26. The van der Waals surface area contributed by atoms with Crippen LogP contribution in [-0.4, -0.2) is 45.5 Å². The minimum atomic E-state index is -0.509. The second kappa shape index (κ2) is 10.8. The van der Waals surface area contributed by atoms with Crippen LogP contribution in [0.5, 0.6) is 5.75 Å². The maximum absolute atomic E-state index is 12.8. The van der Waals surface area contributed by atoms with E-state index in [9.17, 15) is 4.79 Å². The van der Waals surface area contributed by atoms with E-state index in [0.29, 0.717) is 18.1 Å². The Morgan fingerprint density at radius 1 is 1.03 bits per heavy atom. The standard InChI is InChI=1S/C26H33N4O3/c1-7-30(8-2)20-15-17-22(24(18-20)33-9-3)29(5)27-25(26(31)32-6)23-16-14-19-12-10-11-13-21(19)28(23)4/h10-18H,7-9H2,1-6H3/q+1. The molecule has 0 unspecified atom stereocenters. The summed E-state index contributed by atoms with van der Waals surface area (Å²) in [6, 6.07) is 17.9. The maximum atomic E-state index is 12.8. The Hall–Kier alpha value is -3.61. The van der Waals surface area contributed by atoms with Crippen molar-refractivity contribution in [3.05, 3.63) is 60.3 Å². The molecule has 0 saturated carbocycles. The summed E-state index contributed by atoms with van der Waals surface area (Å²) in [6.45, 7) is 8.53. The number of hydrogen-bond acceptors (Lipinski definition) is 6. The third-order valence-electron chi connectivity index (χ3n) is 5.67. The molecule has 0 amide bonds. The molecule has 0 fully saturated rings. The molecule has 3 aromatic rings. The number of para-hydroxylation sites is 1. The number of nitrogens with zero attached hydrogens (tertiary/aromatic N) is 4. The Kier molecular flexibility index (Phi) is 7.87. The second-order valence-electron chi connectivity index (χ2n) is 7.56. The Morgan fingerprint density at radius 3 is 2.42 bits per heavy atom. The van der Waals surface area contributed by atoms with Crippen LogP contribution in [-0.2, 0) is 16.6 Å². The number of ether oxygens (including phenoxy) is 2. The molecule has 0 aliphatic rings. The average Bonchev–Trinajstić information content (AvgIpc) is 2.84. The molecule has 7 nitrogen and oxygen atoms in total. The van der Waals surface area contributed by atoms with Crippen molar-refractivity contribution in [3.63, 3.8) is 0 Å². The maximum Gasteiger partial charge on any atom is 0.365 e. The van der Waals surface area contributed by atoms with Crippen LogP contribution < -0.4 is 19.2 Å². The summed E-state index contributed by atoms with van der Waals surface area (Å²) >= 11 is 0. The third kappa shape index (κ3) is 5.08. The number of fused-ring (bicyclic) bond motifs is 1. The van der Waals surface area contributed by atoms with Crippen molar-refractivity contribution in [3.8, 4) is 5.75 Å². The number of benzene rings is 2. The molecule has 0 saturated heterocycles. The number of aryl methyl sites for hydroxylation is 1. The zero-order chi connectivity index (χ0) is 24.0. The molecule has 3 rings (SSSR count). The topological polar surface area (TPSA) is 58.3 Å². The van der Waals surface area contributed by atoms with Gasteiger partial charge >= 0.3 is 5.97 Å². The molecule has 174 valence electrons. The molecular weight excluding hydrogens is 416 g/mol. The zero-order valence-electron chi connectivity index (χ0n) is 20.3. The molecule has 0 spiro atoms. The first kappa shape index (κ1) is 24.0. The number of esters is 1. The predicted octanol–water partition coefficient (Wildman–Crippen LogP) is 3.92. The van der Waals surface area contributed by atoms with Gasteiger partial charge in [0.1, 0.15) is 18.5 Å². The van der Waals surface area contributed by atoms with E-state index in [1.165, 1.54) is 7.11 Å². The molecule has 0 N–H and O–H groups in total. The summed E-state index contributed by atoms with van der Waals surface area (Å²) in [4.78, 5) is 15.0. The number of carbonyl (C=O) groups is 1. The van der Waals surface area contributed by atoms with Crippen molar-refractivity contribution in [2.75, 3.05) is 43.8 Å². The molecular formula is C26H33N4O3+. The monoisotopic (exact) mass is 449 g/mol. The summed E-state index contributed by atoms with van der Waals surface area (Å²) in [6.07, 6.45) is 0. The Balaban J connectivity index is 2.09. The lowest BCUT2D eigenvalue weighted by Crippen LogP contribution is -2.40. The first-order valence-electron chi connectivity index (χ1n) is 11.3. The van der Waals surface area contributed by atoms with E-state index in [1.807, 2.05) is 73.1 Å². The van der Waals surface area contributed by atoms with Gasteiger partial charge in [-0.15, -0.1) is 0 Å². The van der Waals surface area contributed by atoms with Crippen molar-refractivity contribution >= 4 is 34.0 Å². The van der Waals surface area contributed by atoms with Crippen molar-refractivity contribution in [1.82, 2.24) is 0 Å². The molecule has 0 aliphatic carbocycles. The quantitative estimate of drug-likeness (QED) is 0.214. The van der Waals surface area contributed by atoms with Crippen LogP contribution >= 0.6 is 0 Å². The summed E-state index contributed by atoms with van der Waals surface area (Å²) in [5.74, 6) is 0.200. The molecule has 1 heterocycles. The number of anilines is 2. The van der Waals surface area contributed by atoms with Gasteiger partial charge in [0.05, 0.1) is 13.7 Å². The normalized spacial score (nSPS) is 11.4. The van der Waals surface area contributed by atoms with Gasteiger partial charge in [0.15, 0.2) is 0 Å². The van der Waals surface area contributed by atoms with E-state index in [0.717, 1.165) is 35.4 Å². The number of methoxy groups -OCH3 is 1. The third-order valence-corrected chi connectivity index (χ3v) is 5.67. The highest BCUT2D eigenvalue weighted by Crippen LogP contribution is 2.33. The Morgan fingerprint density at radius 2 is 1.76 bits per heavy atom. The van der Waals surface area contributed by atoms with Crippen LogP contribution in [0.2, 0.25) is 0 Å². The van der Waals surface area contributed by atoms with Crippen molar-refractivity contribution in [2.24, 2.45) is 12.1 Å². The highest BCUT2D eigenvalue weighted by molar-refractivity contribution is 6.42. The van der Waals surface area contributed by atoms with Crippen molar-refractivity contribution in [2.45, 2.75) is 20.8 Å². The van der Waals surface area contributed by atoms with E-state index in [4.69, 9.17) is 9.47 Å². The number of hydrogen-bond donors (Lipinski definition) is 0. The highest BCUT2D eigenvalue weighted by atomic mass is 16.5. The van der Waals surface area contributed by atoms with E-state index in [-0.39, 0.29) is 5.71 Å². The number of pyridine rings is 1. The summed E-state index contributed by atoms with van der Waals surface area (Å²) < 4.78 is 13.0. The van der Waals surface area contributed by atoms with Gasteiger partial charge in [-0.3, -0.25) is 5.01 Å². The molecule has 0 atom stereocenters. The van der Waals surface area contributed by atoms with Gasteiger partial charge in [-0.05, 0) is 45.0 Å². The van der Waals surface area contributed by atoms with Crippen LogP contribution in [0.25, 0.3) is 10.9 Å². The molecule has 33 heavy (non-hydrogen) atoms. The number of carbonyl (C=O) groups excluding carboxylic acids is 1. The first-order valence-corrected chi connectivity index (χ1v) is 11.3. The zero-order valence-corrected chi connectivity index (χ0v) is 20.3. The number of rotatable bonds is 9. The Bertz CT molecular complexity index is 1160.